The van der Waals surface area contributed by atoms with Crippen molar-refractivity contribution in [2.24, 2.45) is 0 Å². The van der Waals surface area contributed by atoms with Crippen LogP contribution in [-0.4, -0.2) is 14.5 Å². The molecule has 8 aromatic rings. The summed E-state index contributed by atoms with van der Waals surface area (Å²) in [5.74, 6) is 0.844. The maximum atomic E-state index is 6.80. The van der Waals surface area contributed by atoms with Crippen molar-refractivity contribution in [1.82, 2.24) is 14.5 Å². The van der Waals surface area contributed by atoms with Crippen LogP contribution in [0.4, 0.5) is 0 Å². The Balaban J connectivity index is 1.42. The number of hydrogen-bond acceptors (Lipinski definition) is 3. The molecule has 3 heterocycles. The lowest BCUT2D eigenvalue weighted by atomic mass is 9.83. The van der Waals surface area contributed by atoms with Gasteiger partial charge >= 0.3 is 0 Å². The summed E-state index contributed by atoms with van der Waals surface area (Å²) in [5.41, 5.74) is 13.6. The van der Waals surface area contributed by atoms with Crippen LogP contribution in [0.3, 0.4) is 0 Å². The van der Waals surface area contributed by atoms with Crippen LogP contribution in [0.15, 0.2) is 126 Å². The Morgan fingerprint density at radius 1 is 0.674 bits per heavy atom. The first-order chi connectivity index (χ1) is 22.3. The summed E-state index contributed by atoms with van der Waals surface area (Å²) >= 11 is 0. The van der Waals surface area contributed by atoms with E-state index in [0.717, 1.165) is 61.3 Å². The first kappa shape index (κ1) is 28.0. The zero-order valence-electron chi connectivity index (χ0n) is 26.8. The molecular formula is C42H35N3O. The van der Waals surface area contributed by atoms with Crippen molar-refractivity contribution in [1.29, 1.82) is 0 Å². The fraction of sp³-hybridized carbons (Fsp3) is 0.143. The summed E-state index contributed by atoms with van der Waals surface area (Å²) in [4.78, 5) is 10.0. The summed E-state index contributed by atoms with van der Waals surface area (Å²) in [7, 11) is 0. The van der Waals surface area contributed by atoms with Gasteiger partial charge in [-0.25, -0.2) is 4.98 Å². The standard InChI is InChI=1S/C42H35N3O/c1-26-16-19-33(40-38(26)32-20-17-31(25-37(32)46-40)29-14-10-7-11-15-29)41-44-35-22-23-43-27(2)39(35)45(41)36-21-18-30(24-34(36)42(3,4)5)28-12-8-6-9-13-28/h6-25H,1-5H3. The normalized spacial score (nSPS) is 12.0. The van der Waals surface area contributed by atoms with Gasteiger partial charge in [0.2, 0.25) is 0 Å². The van der Waals surface area contributed by atoms with Crippen molar-refractivity contribution >= 4 is 33.0 Å². The number of nitrogens with zero attached hydrogens (tertiary/aromatic N) is 3. The van der Waals surface area contributed by atoms with E-state index in [4.69, 9.17) is 14.4 Å². The lowest BCUT2D eigenvalue weighted by molar-refractivity contribution is 0.587. The highest BCUT2D eigenvalue weighted by atomic mass is 16.3. The lowest BCUT2D eigenvalue weighted by Crippen LogP contribution is -2.16. The molecule has 0 saturated carbocycles. The van der Waals surface area contributed by atoms with E-state index in [2.05, 4.69) is 142 Å². The van der Waals surface area contributed by atoms with E-state index in [1.807, 2.05) is 18.3 Å². The molecular weight excluding hydrogens is 562 g/mol. The average molecular weight is 598 g/mol. The number of rotatable bonds is 4. The third kappa shape index (κ3) is 4.52. The highest BCUT2D eigenvalue weighted by Gasteiger charge is 2.26. The molecule has 3 aromatic heterocycles. The van der Waals surface area contributed by atoms with Crippen LogP contribution in [0.2, 0.25) is 0 Å². The molecule has 0 aliphatic carbocycles. The van der Waals surface area contributed by atoms with Gasteiger partial charge in [0.1, 0.15) is 17.0 Å². The lowest BCUT2D eigenvalue weighted by Gasteiger charge is -2.26. The molecule has 0 amide bonds. The van der Waals surface area contributed by atoms with Gasteiger partial charge in [0, 0.05) is 17.0 Å². The topological polar surface area (TPSA) is 43.9 Å². The molecule has 4 heteroatoms. The summed E-state index contributed by atoms with van der Waals surface area (Å²) in [6.45, 7) is 11.0. The molecule has 4 nitrogen and oxygen atoms in total. The first-order valence-electron chi connectivity index (χ1n) is 15.8. The second kappa shape index (κ2) is 10.6. The highest BCUT2D eigenvalue weighted by molar-refractivity contribution is 6.12. The quantitative estimate of drug-likeness (QED) is 0.203. The van der Waals surface area contributed by atoms with Gasteiger partial charge in [0.25, 0.3) is 0 Å². The molecule has 0 aliphatic rings. The predicted molar refractivity (Wildman–Crippen MR) is 191 cm³/mol. The molecule has 0 atom stereocenters. The predicted octanol–water partition coefficient (Wildman–Crippen LogP) is 11.2. The molecule has 0 spiro atoms. The minimum absolute atomic E-state index is 0.139. The van der Waals surface area contributed by atoms with Gasteiger partial charge < -0.3 is 4.42 Å². The van der Waals surface area contributed by atoms with E-state index in [9.17, 15) is 0 Å². The number of hydrogen-bond donors (Lipinski definition) is 0. The van der Waals surface area contributed by atoms with E-state index < -0.39 is 0 Å². The summed E-state index contributed by atoms with van der Waals surface area (Å²) < 4.78 is 9.11. The Hall–Kier alpha value is -5.48. The second-order valence-electron chi connectivity index (χ2n) is 13.2. The number of benzene rings is 5. The minimum Gasteiger partial charge on any atom is -0.455 e. The number of fused-ring (bicyclic) bond motifs is 4. The summed E-state index contributed by atoms with van der Waals surface area (Å²) in [5, 5.41) is 2.23. The van der Waals surface area contributed by atoms with Crippen LogP contribution >= 0.6 is 0 Å². The maximum absolute atomic E-state index is 6.80. The van der Waals surface area contributed by atoms with Crippen LogP contribution in [0.25, 0.3) is 72.3 Å². The molecule has 46 heavy (non-hydrogen) atoms. The third-order valence-corrected chi connectivity index (χ3v) is 9.08. The first-order valence-corrected chi connectivity index (χ1v) is 15.8. The van der Waals surface area contributed by atoms with Crippen LogP contribution in [-0.2, 0) is 5.41 Å². The highest BCUT2D eigenvalue weighted by Crippen LogP contribution is 2.42. The average Bonchev–Trinajstić information content (AvgIpc) is 3.65. The second-order valence-corrected chi connectivity index (χ2v) is 13.2. The minimum atomic E-state index is -0.139. The van der Waals surface area contributed by atoms with Crippen molar-refractivity contribution in [3.8, 4) is 39.3 Å². The number of pyridine rings is 1. The Morgan fingerprint density at radius 2 is 1.35 bits per heavy atom. The number of aryl methyl sites for hydroxylation is 2. The van der Waals surface area contributed by atoms with Crippen molar-refractivity contribution in [3.05, 3.63) is 138 Å². The zero-order valence-corrected chi connectivity index (χ0v) is 26.8. The van der Waals surface area contributed by atoms with Gasteiger partial charge in [-0.1, -0.05) is 99.6 Å². The fourth-order valence-corrected chi connectivity index (χ4v) is 6.77. The van der Waals surface area contributed by atoms with Gasteiger partial charge in [-0.2, -0.15) is 0 Å². The smallest absolute Gasteiger partial charge is 0.149 e. The van der Waals surface area contributed by atoms with Crippen molar-refractivity contribution < 1.29 is 4.42 Å². The van der Waals surface area contributed by atoms with E-state index in [-0.39, 0.29) is 5.41 Å². The third-order valence-electron chi connectivity index (χ3n) is 9.08. The largest absolute Gasteiger partial charge is 0.455 e. The molecule has 0 saturated heterocycles. The van der Waals surface area contributed by atoms with Crippen molar-refractivity contribution in [2.45, 2.75) is 40.0 Å². The summed E-state index contributed by atoms with van der Waals surface area (Å²) in [6.07, 6.45) is 1.85. The molecule has 224 valence electrons. The van der Waals surface area contributed by atoms with E-state index in [1.165, 1.54) is 27.8 Å². The van der Waals surface area contributed by atoms with Gasteiger partial charge in [-0.05, 0) is 89.0 Å². The van der Waals surface area contributed by atoms with Crippen LogP contribution < -0.4 is 0 Å². The molecule has 0 radical (unpaired) electrons. The molecule has 8 rings (SSSR count). The van der Waals surface area contributed by atoms with Gasteiger partial charge in [0.05, 0.1) is 28.0 Å². The van der Waals surface area contributed by atoms with Crippen molar-refractivity contribution in [2.75, 3.05) is 0 Å². The van der Waals surface area contributed by atoms with E-state index in [1.54, 1.807) is 0 Å². The van der Waals surface area contributed by atoms with E-state index >= 15 is 0 Å². The molecule has 0 bridgehead atoms. The van der Waals surface area contributed by atoms with Crippen LogP contribution in [0.1, 0.15) is 37.6 Å². The van der Waals surface area contributed by atoms with Crippen LogP contribution in [0.5, 0.6) is 0 Å². The summed E-state index contributed by atoms with van der Waals surface area (Å²) in [6, 6.07) is 40.7. The Labute approximate surface area is 269 Å². The Kier molecular flexibility index (Phi) is 6.43. The molecule has 0 N–H and O–H groups in total. The maximum Gasteiger partial charge on any atom is 0.149 e. The fourth-order valence-electron chi connectivity index (χ4n) is 6.77. The molecule has 5 aromatic carbocycles. The molecule has 0 fully saturated rings. The van der Waals surface area contributed by atoms with Gasteiger partial charge in [0.15, 0.2) is 0 Å². The van der Waals surface area contributed by atoms with Gasteiger partial charge in [-0.3, -0.25) is 9.55 Å². The molecule has 0 unspecified atom stereocenters. The van der Waals surface area contributed by atoms with E-state index in [0.29, 0.717) is 0 Å². The number of furan rings is 1. The van der Waals surface area contributed by atoms with Crippen LogP contribution in [0, 0.1) is 13.8 Å². The van der Waals surface area contributed by atoms with Crippen molar-refractivity contribution in [3.63, 3.8) is 0 Å². The number of aromatic nitrogens is 3. The monoisotopic (exact) mass is 597 g/mol. The zero-order chi connectivity index (χ0) is 31.6. The SMILES string of the molecule is Cc1ccc(-c2nc3ccnc(C)c3n2-c2ccc(-c3ccccc3)cc2C(C)(C)C)c2oc3cc(-c4ccccc4)ccc3c12. The number of imidazole rings is 1. The Morgan fingerprint density at radius 3 is 2.04 bits per heavy atom. The van der Waals surface area contributed by atoms with Gasteiger partial charge in [-0.15, -0.1) is 0 Å². The molecule has 0 aliphatic heterocycles. The Bertz CT molecular complexity index is 2410.